The number of fused-ring (bicyclic) bond motifs is 1. The third kappa shape index (κ3) is 4.64. The van der Waals surface area contributed by atoms with E-state index < -0.39 is 0 Å². The number of nitrogens with one attached hydrogen (secondary N) is 2. The van der Waals surface area contributed by atoms with Gasteiger partial charge in [-0.15, -0.1) is 0 Å². The summed E-state index contributed by atoms with van der Waals surface area (Å²) < 4.78 is 5.25. The standard InChI is InChI=1S/C23H24N4O3/c1-30-20-4-2-3-16(10-20)21(7-8-28)27-23(29)22-11-18-9-15(19(12-24)13-25)5-6-17(18)14-26-22/h2-6,9-14,21,24,28H,7-8,25H2,1H3,(H,27,29)/b19-13+,24-12?. The summed E-state index contributed by atoms with van der Waals surface area (Å²) in [5.41, 5.74) is 8.05. The van der Waals surface area contributed by atoms with Crippen molar-refractivity contribution in [2.45, 2.75) is 12.5 Å². The van der Waals surface area contributed by atoms with Crippen molar-refractivity contribution >= 4 is 28.5 Å². The van der Waals surface area contributed by atoms with E-state index in [9.17, 15) is 9.90 Å². The summed E-state index contributed by atoms with van der Waals surface area (Å²) in [5, 5.41) is 21.5. The summed E-state index contributed by atoms with van der Waals surface area (Å²) in [5.74, 6) is 0.334. The predicted molar refractivity (Wildman–Crippen MR) is 118 cm³/mol. The zero-order chi connectivity index (χ0) is 21.5. The Morgan fingerprint density at radius 3 is 2.80 bits per heavy atom. The Hall–Kier alpha value is -3.71. The van der Waals surface area contributed by atoms with Gasteiger partial charge in [-0.3, -0.25) is 9.78 Å². The lowest BCUT2D eigenvalue weighted by Crippen LogP contribution is -2.29. The molecule has 1 heterocycles. The molecule has 3 aromatic rings. The molecule has 1 amide bonds. The Kier molecular flexibility index (Phi) is 6.77. The van der Waals surface area contributed by atoms with Crippen LogP contribution in [-0.2, 0) is 0 Å². The van der Waals surface area contributed by atoms with Crippen molar-refractivity contribution in [1.82, 2.24) is 10.3 Å². The molecule has 0 saturated heterocycles. The molecule has 0 saturated carbocycles. The largest absolute Gasteiger partial charge is 0.497 e. The van der Waals surface area contributed by atoms with E-state index in [0.717, 1.165) is 21.9 Å². The average Bonchev–Trinajstić information content (AvgIpc) is 2.79. The second kappa shape index (κ2) is 9.67. The third-order valence-corrected chi connectivity index (χ3v) is 4.84. The van der Waals surface area contributed by atoms with Gasteiger partial charge in [0.1, 0.15) is 11.4 Å². The van der Waals surface area contributed by atoms with Crippen LogP contribution in [0.5, 0.6) is 5.75 Å². The van der Waals surface area contributed by atoms with E-state index in [2.05, 4.69) is 10.3 Å². The van der Waals surface area contributed by atoms with Crippen LogP contribution in [0.1, 0.15) is 34.1 Å². The Morgan fingerprint density at radius 1 is 1.27 bits per heavy atom. The summed E-state index contributed by atoms with van der Waals surface area (Å²) in [6.45, 7) is -0.0749. The van der Waals surface area contributed by atoms with Gasteiger partial charge in [-0.05, 0) is 47.2 Å². The zero-order valence-electron chi connectivity index (χ0n) is 16.6. The summed E-state index contributed by atoms with van der Waals surface area (Å²) in [4.78, 5) is 17.2. The lowest BCUT2D eigenvalue weighted by Gasteiger charge is -2.19. The van der Waals surface area contributed by atoms with E-state index in [4.69, 9.17) is 15.9 Å². The number of hydrogen-bond acceptors (Lipinski definition) is 6. The first-order valence-corrected chi connectivity index (χ1v) is 9.47. The Balaban J connectivity index is 1.89. The molecule has 0 aliphatic carbocycles. The van der Waals surface area contributed by atoms with E-state index in [1.165, 1.54) is 12.4 Å². The topological polar surface area (TPSA) is 121 Å². The summed E-state index contributed by atoms with van der Waals surface area (Å²) >= 11 is 0. The number of nitrogens with zero attached hydrogens (tertiary/aromatic N) is 1. The Bertz CT molecular complexity index is 1090. The SMILES string of the molecule is COc1cccc(C(CCO)NC(=O)c2cc3cc(/C(C=N)=C/N)ccc3cn2)c1. The maximum absolute atomic E-state index is 12.9. The molecule has 7 nitrogen and oxygen atoms in total. The number of allylic oxidation sites excluding steroid dienone is 1. The number of ether oxygens (including phenoxy) is 1. The minimum Gasteiger partial charge on any atom is -0.497 e. The highest BCUT2D eigenvalue weighted by Gasteiger charge is 2.17. The minimum atomic E-state index is -0.383. The Labute approximate surface area is 174 Å². The molecular formula is C23H24N4O3. The van der Waals surface area contributed by atoms with Crippen LogP contribution in [0.4, 0.5) is 0 Å². The van der Waals surface area contributed by atoms with Gasteiger partial charge in [-0.2, -0.15) is 0 Å². The van der Waals surface area contributed by atoms with Crippen LogP contribution in [0, 0.1) is 5.41 Å². The molecule has 3 rings (SSSR count). The van der Waals surface area contributed by atoms with Crippen LogP contribution >= 0.6 is 0 Å². The highest BCUT2D eigenvalue weighted by molar-refractivity contribution is 6.09. The molecule has 1 aromatic heterocycles. The first-order valence-electron chi connectivity index (χ1n) is 9.47. The van der Waals surface area contributed by atoms with Crippen molar-refractivity contribution in [1.29, 1.82) is 5.41 Å². The van der Waals surface area contributed by atoms with Gasteiger partial charge in [-0.1, -0.05) is 24.3 Å². The summed E-state index contributed by atoms with van der Waals surface area (Å²) in [6.07, 6.45) is 4.55. The number of rotatable bonds is 8. The van der Waals surface area contributed by atoms with Gasteiger partial charge in [0, 0.05) is 36.2 Å². The quantitative estimate of drug-likeness (QED) is 0.430. The fourth-order valence-electron chi connectivity index (χ4n) is 3.21. The zero-order valence-corrected chi connectivity index (χ0v) is 16.6. The fraction of sp³-hybridized carbons (Fsp3) is 0.174. The number of pyridine rings is 1. The molecule has 1 atom stereocenters. The highest BCUT2D eigenvalue weighted by Crippen LogP contribution is 2.23. The predicted octanol–water partition coefficient (Wildman–Crippen LogP) is 3.05. The van der Waals surface area contributed by atoms with Crippen molar-refractivity contribution in [3.63, 3.8) is 0 Å². The normalized spacial score (nSPS) is 12.4. The molecule has 5 N–H and O–H groups in total. The Morgan fingerprint density at radius 2 is 2.10 bits per heavy atom. The monoisotopic (exact) mass is 404 g/mol. The number of amides is 1. The van der Waals surface area contributed by atoms with Crippen LogP contribution in [0.25, 0.3) is 16.3 Å². The smallest absolute Gasteiger partial charge is 0.270 e. The molecule has 1 unspecified atom stereocenters. The van der Waals surface area contributed by atoms with Crippen LogP contribution in [0.15, 0.2) is 60.9 Å². The first kappa shape index (κ1) is 21.0. The maximum atomic E-state index is 12.9. The van der Waals surface area contributed by atoms with Crippen molar-refractivity contribution in [3.8, 4) is 5.75 Å². The van der Waals surface area contributed by atoms with Gasteiger partial charge in [0.05, 0.1) is 13.2 Å². The molecule has 0 spiro atoms. The van der Waals surface area contributed by atoms with Crippen LogP contribution in [-0.4, -0.2) is 35.9 Å². The number of aliphatic hydroxyl groups is 1. The second-order valence-corrected chi connectivity index (χ2v) is 6.71. The van der Waals surface area contributed by atoms with Gasteiger partial charge >= 0.3 is 0 Å². The highest BCUT2D eigenvalue weighted by atomic mass is 16.5. The lowest BCUT2D eigenvalue weighted by atomic mass is 10.0. The van der Waals surface area contributed by atoms with Gasteiger partial charge in [0.25, 0.3) is 5.91 Å². The molecule has 2 aromatic carbocycles. The van der Waals surface area contributed by atoms with Crippen molar-refractivity contribution in [2.24, 2.45) is 5.73 Å². The number of methoxy groups -OCH3 is 1. The molecule has 30 heavy (non-hydrogen) atoms. The molecule has 0 aliphatic heterocycles. The molecule has 0 fully saturated rings. The first-order chi connectivity index (χ1) is 14.6. The molecule has 0 radical (unpaired) electrons. The number of aliphatic hydroxyl groups excluding tert-OH is 1. The van der Waals surface area contributed by atoms with Crippen molar-refractivity contribution < 1.29 is 14.6 Å². The lowest BCUT2D eigenvalue weighted by molar-refractivity contribution is 0.0925. The summed E-state index contributed by atoms with van der Waals surface area (Å²) in [6, 6.07) is 14.3. The van der Waals surface area contributed by atoms with Crippen molar-refractivity contribution in [3.05, 3.63) is 77.7 Å². The van der Waals surface area contributed by atoms with E-state index in [1.54, 1.807) is 19.4 Å². The fourth-order valence-corrected chi connectivity index (χ4v) is 3.21. The van der Waals surface area contributed by atoms with Gasteiger partial charge in [0.15, 0.2) is 0 Å². The van der Waals surface area contributed by atoms with E-state index in [1.807, 2.05) is 42.5 Å². The number of aromatic nitrogens is 1. The molecule has 0 aliphatic rings. The number of nitrogens with two attached hydrogens (primary N) is 1. The number of benzene rings is 2. The number of carbonyl (C=O) groups excluding carboxylic acids is 1. The van der Waals surface area contributed by atoms with Crippen molar-refractivity contribution in [2.75, 3.05) is 13.7 Å². The van der Waals surface area contributed by atoms with Gasteiger partial charge < -0.3 is 26.3 Å². The second-order valence-electron chi connectivity index (χ2n) is 6.71. The number of hydrogen-bond donors (Lipinski definition) is 4. The summed E-state index contributed by atoms with van der Waals surface area (Å²) in [7, 11) is 1.58. The van der Waals surface area contributed by atoms with Crippen LogP contribution in [0.2, 0.25) is 0 Å². The van der Waals surface area contributed by atoms with Crippen LogP contribution in [0.3, 0.4) is 0 Å². The molecule has 154 valence electrons. The minimum absolute atomic E-state index is 0.0749. The molecular weight excluding hydrogens is 380 g/mol. The van der Waals surface area contributed by atoms with Gasteiger partial charge in [0.2, 0.25) is 0 Å². The van der Waals surface area contributed by atoms with E-state index >= 15 is 0 Å². The number of carbonyl (C=O) groups is 1. The van der Waals surface area contributed by atoms with Crippen LogP contribution < -0.4 is 15.8 Å². The van der Waals surface area contributed by atoms with E-state index in [0.29, 0.717) is 17.7 Å². The average molecular weight is 404 g/mol. The van der Waals surface area contributed by atoms with E-state index in [-0.39, 0.29) is 24.2 Å². The third-order valence-electron chi connectivity index (χ3n) is 4.84. The van der Waals surface area contributed by atoms with Gasteiger partial charge in [-0.25, -0.2) is 0 Å². The molecule has 7 heteroatoms. The molecule has 0 bridgehead atoms. The maximum Gasteiger partial charge on any atom is 0.270 e.